The molecule has 2 saturated heterocycles. The SMILES string of the molecule is NC1=N[C@H]2[C@H](CN3C(=O)CN(c4ccccc4)C3=O)N=C(N)N3CC(NC(=O)c4cccc5c4CCCC5(F)F)C(O)(O)C23N1. The van der Waals surface area contributed by atoms with Crippen LogP contribution in [0.5, 0.6) is 0 Å². The number of alkyl halides is 2. The number of fused-ring (bicyclic) bond motifs is 1. The first-order valence-electron chi connectivity index (χ1n) is 14.5. The standard InChI is InChI=1S/C29H31F2N9O5/c30-27(31)11-5-9-16-17(8-4-10-18(16)27)23(42)35-20-13-40-25(33)34-19(22-28(40,29(20,44)45)37-24(32)36-22)12-39-21(41)14-38(26(39)43)15-6-2-1-3-7-15/h1-4,6-8,10,19-20,22,44-45H,5,9,11-14H2,(H2,33,34)(H,35,42)(H3,32,36,37)/t19-,20?,22-,28?/m0/s1. The maximum absolute atomic E-state index is 14.6. The number of amides is 4. The van der Waals surface area contributed by atoms with E-state index in [4.69, 9.17) is 11.5 Å². The second-order valence-corrected chi connectivity index (χ2v) is 11.9. The predicted octanol–water partition coefficient (Wildman–Crippen LogP) is -0.642. The Labute approximate surface area is 255 Å². The van der Waals surface area contributed by atoms with Gasteiger partial charge in [-0.15, -0.1) is 0 Å². The quantitative estimate of drug-likeness (QED) is 0.185. The van der Waals surface area contributed by atoms with Crippen LogP contribution in [0, 0.1) is 0 Å². The maximum atomic E-state index is 14.6. The summed E-state index contributed by atoms with van der Waals surface area (Å²) in [7, 11) is 0. The lowest BCUT2D eigenvalue weighted by Gasteiger charge is -2.49. The molecule has 2 aromatic rings. The molecule has 2 aromatic carbocycles. The van der Waals surface area contributed by atoms with E-state index in [-0.39, 0.29) is 67.5 Å². The summed E-state index contributed by atoms with van der Waals surface area (Å²) in [4.78, 5) is 52.3. The fourth-order valence-corrected chi connectivity index (χ4v) is 7.22. The lowest BCUT2D eigenvalue weighted by atomic mass is 9.84. The molecule has 4 amide bonds. The van der Waals surface area contributed by atoms with Gasteiger partial charge in [0.25, 0.3) is 17.7 Å². The number of aliphatic hydroxyl groups is 2. The molecule has 16 heteroatoms. The van der Waals surface area contributed by atoms with Gasteiger partial charge in [0.1, 0.15) is 18.6 Å². The zero-order chi connectivity index (χ0) is 31.9. The van der Waals surface area contributed by atoms with Crippen LogP contribution in [0.3, 0.4) is 0 Å². The van der Waals surface area contributed by atoms with Gasteiger partial charge >= 0.3 is 6.03 Å². The molecule has 1 spiro atoms. The third-order valence-electron chi connectivity index (χ3n) is 9.33. The van der Waals surface area contributed by atoms with E-state index in [1.165, 1.54) is 28.0 Å². The molecule has 7 rings (SSSR count). The fourth-order valence-electron chi connectivity index (χ4n) is 7.22. The van der Waals surface area contributed by atoms with Gasteiger partial charge in [0.2, 0.25) is 5.79 Å². The van der Waals surface area contributed by atoms with E-state index < -0.39 is 53.3 Å². The zero-order valence-electron chi connectivity index (χ0n) is 23.9. The first-order valence-corrected chi connectivity index (χ1v) is 14.5. The summed E-state index contributed by atoms with van der Waals surface area (Å²) in [5, 5.41) is 28.9. The van der Waals surface area contributed by atoms with Gasteiger partial charge in [-0.3, -0.25) is 19.4 Å². The lowest BCUT2D eigenvalue weighted by Crippen LogP contribution is -2.78. The van der Waals surface area contributed by atoms with Gasteiger partial charge in [0, 0.05) is 29.8 Å². The summed E-state index contributed by atoms with van der Waals surface area (Å²) in [5.41, 5.74) is 11.0. The summed E-state index contributed by atoms with van der Waals surface area (Å²) >= 11 is 0. The highest BCUT2D eigenvalue weighted by Gasteiger charge is 2.73. The van der Waals surface area contributed by atoms with Crippen molar-refractivity contribution in [3.63, 3.8) is 0 Å². The Hall–Kier alpha value is -4.83. The summed E-state index contributed by atoms with van der Waals surface area (Å²) in [6, 6.07) is 8.49. The van der Waals surface area contributed by atoms with Crippen molar-refractivity contribution in [2.24, 2.45) is 21.5 Å². The number of nitrogens with zero attached hydrogens (tertiary/aromatic N) is 5. The van der Waals surface area contributed by atoms with Crippen molar-refractivity contribution < 1.29 is 33.4 Å². The van der Waals surface area contributed by atoms with Crippen LogP contribution < -0.4 is 27.0 Å². The van der Waals surface area contributed by atoms with Crippen LogP contribution in [0.4, 0.5) is 19.3 Å². The van der Waals surface area contributed by atoms with Crippen molar-refractivity contribution >= 4 is 35.5 Å². The largest absolute Gasteiger partial charge is 0.370 e. The topological polar surface area (TPSA) is 202 Å². The first-order chi connectivity index (χ1) is 21.3. The number of benzene rings is 2. The molecule has 2 unspecified atom stereocenters. The highest BCUT2D eigenvalue weighted by atomic mass is 19.3. The highest BCUT2D eigenvalue weighted by molar-refractivity contribution is 6.12. The molecule has 45 heavy (non-hydrogen) atoms. The number of imide groups is 1. The molecule has 0 radical (unpaired) electrons. The number of halogens is 2. The molecule has 14 nitrogen and oxygen atoms in total. The van der Waals surface area contributed by atoms with Crippen LogP contribution in [0.2, 0.25) is 0 Å². The van der Waals surface area contributed by atoms with E-state index >= 15 is 0 Å². The molecule has 4 atom stereocenters. The molecule has 8 N–H and O–H groups in total. The van der Waals surface area contributed by atoms with Crippen molar-refractivity contribution in [3.8, 4) is 0 Å². The minimum absolute atomic E-state index is 0.00489. The second kappa shape index (κ2) is 9.84. The van der Waals surface area contributed by atoms with Gasteiger partial charge in [0.05, 0.1) is 12.6 Å². The van der Waals surface area contributed by atoms with Gasteiger partial charge < -0.3 is 37.2 Å². The Balaban J connectivity index is 1.17. The number of carbonyl (C=O) groups excluding carboxylic acids is 3. The lowest BCUT2D eigenvalue weighted by molar-refractivity contribution is -0.230. The number of urea groups is 1. The molecule has 0 aromatic heterocycles. The van der Waals surface area contributed by atoms with Crippen LogP contribution >= 0.6 is 0 Å². The van der Waals surface area contributed by atoms with Gasteiger partial charge in [0.15, 0.2) is 17.6 Å². The molecule has 0 saturated carbocycles. The number of anilines is 1. The van der Waals surface area contributed by atoms with E-state index in [0.717, 1.165) is 4.90 Å². The molecule has 2 fully saturated rings. The van der Waals surface area contributed by atoms with E-state index in [1.54, 1.807) is 30.3 Å². The number of aliphatic imine (C=N–C) groups is 2. The van der Waals surface area contributed by atoms with Crippen LogP contribution in [0.1, 0.15) is 34.3 Å². The second-order valence-electron chi connectivity index (χ2n) is 11.9. The van der Waals surface area contributed by atoms with Gasteiger partial charge in [-0.25, -0.2) is 23.6 Å². The smallest absolute Gasteiger partial charge is 0.331 e. The molecule has 5 aliphatic rings. The molecule has 0 bridgehead atoms. The maximum Gasteiger partial charge on any atom is 0.331 e. The first kappa shape index (κ1) is 28.9. The zero-order valence-corrected chi connectivity index (χ0v) is 23.9. The van der Waals surface area contributed by atoms with Gasteiger partial charge in [-0.2, -0.15) is 0 Å². The van der Waals surface area contributed by atoms with Crippen LogP contribution in [-0.4, -0.2) is 99.0 Å². The van der Waals surface area contributed by atoms with Gasteiger partial charge in [-0.05, 0) is 36.6 Å². The molecule has 236 valence electrons. The van der Waals surface area contributed by atoms with Crippen molar-refractivity contribution in [1.29, 1.82) is 0 Å². The van der Waals surface area contributed by atoms with E-state index in [1.807, 2.05) is 0 Å². The van der Waals surface area contributed by atoms with Crippen molar-refractivity contribution in [2.75, 3.05) is 24.5 Å². The number of nitrogens with one attached hydrogen (secondary N) is 2. The Morgan fingerprint density at radius 2 is 1.84 bits per heavy atom. The average molecular weight is 624 g/mol. The number of rotatable bonds is 5. The molecular formula is C29H31F2N9O5. The van der Waals surface area contributed by atoms with Crippen LogP contribution in [-0.2, 0) is 17.1 Å². The van der Waals surface area contributed by atoms with Gasteiger partial charge in [-0.1, -0.05) is 30.3 Å². The molecular weight excluding hydrogens is 592 g/mol. The van der Waals surface area contributed by atoms with Crippen molar-refractivity contribution in [2.45, 2.75) is 54.8 Å². The third kappa shape index (κ3) is 4.15. The van der Waals surface area contributed by atoms with Crippen LogP contribution in [0.25, 0.3) is 0 Å². The minimum atomic E-state index is -3.08. The summed E-state index contributed by atoms with van der Waals surface area (Å²) < 4.78 is 29.2. The van der Waals surface area contributed by atoms with Crippen molar-refractivity contribution in [3.05, 3.63) is 65.2 Å². The number of hydrogen-bond acceptors (Lipinski definition) is 11. The molecule has 4 aliphatic heterocycles. The van der Waals surface area contributed by atoms with E-state index in [2.05, 4.69) is 20.6 Å². The fraction of sp³-hybridized carbons (Fsp3) is 0.414. The third-order valence-corrected chi connectivity index (χ3v) is 9.33. The Kier molecular flexibility index (Phi) is 6.32. The monoisotopic (exact) mass is 623 g/mol. The number of carbonyl (C=O) groups is 3. The summed E-state index contributed by atoms with van der Waals surface area (Å²) in [6.45, 7) is -0.757. The van der Waals surface area contributed by atoms with E-state index in [9.17, 15) is 33.4 Å². The molecule has 1 aliphatic carbocycles. The summed E-state index contributed by atoms with van der Waals surface area (Å²) in [6.07, 6.45) is 0.134. The number of para-hydroxylation sites is 1. The van der Waals surface area contributed by atoms with E-state index in [0.29, 0.717) is 5.69 Å². The number of hydrogen-bond donors (Lipinski definition) is 6. The Morgan fingerprint density at radius 3 is 2.60 bits per heavy atom. The van der Waals surface area contributed by atoms with Crippen LogP contribution in [0.15, 0.2) is 58.5 Å². The molecule has 4 heterocycles. The highest BCUT2D eigenvalue weighted by Crippen LogP contribution is 2.46. The predicted molar refractivity (Wildman–Crippen MR) is 156 cm³/mol. The number of nitrogens with two attached hydrogens (primary N) is 2. The summed E-state index contributed by atoms with van der Waals surface area (Å²) in [5.74, 6) is -7.50. The Morgan fingerprint density at radius 1 is 1.09 bits per heavy atom. The average Bonchev–Trinajstić information content (AvgIpc) is 3.58. The van der Waals surface area contributed by atoms with Crippen molar-refractivity contribution in [1.82, 2.24) is 20.4 Å². The number of guanidine groups is 2. The Bertz CT molecular complexity index is 1670. The normalized spacial score (nSPS) is 29.4. The minimum Gasteiger partial charge on any atom is -0.370 e.